The van der Waals surface area contributed by atoms with E-state index in [9.17, 15) is 9.18 Å². The molecule has 0 unspecified atom stereocenters. The maximum Gasteiger partial charge on any atom is 0.251 e. The van der Waals surface area contributed by atoms with E-state index in [1.807, 2.05) is 60.8 Å². The number of halogens is 1. The van der Waals surface area contributed by atoms with Crippen LogP contribution in [0.1, 0.15) is 53.9 Å². The van der Waals surface area contributed by atoms with Crippen molar-refractivity contribution in [2.75, 3.05) is 0 Å². The van der Waals surface area contributed by atoms with E-state index in [2.05, 4.69) is 29.0 Å². The van der Waals surface area contributed by atoms with Crippen LogP contribution in [0.4, 0.5) is 4.39 Å². The van der Waals surface area contributed by atoms with Gasteiger partial charge >= 0.3 is 0 Å². The van der Waals surface area contributed by atoms with E-state index >= 15 is 0 Å². The summed E-state index contributed by atoms with van der Waals surface area (Å²) in [6, 6.07) is 24.9. The van der Waals surface area contributed by atoms with Crippen LogP contribution in [0.3, 0.4) is 0 Å². The maximum absolute atomic E-state index is 13.9. The Morgan fingerprint density at radius 1 is 0.972 bits per heavy atom. The fourth-order valence-corrected chi connectivity index (χ4v) is 5.57. The third-order valence-corrected chi connectivity index (χ3v) is 7.51. The minimum Gasteiger partial charge on any atom is -0.349 e. The van der Waals surface area contributed by atoms with Gasteiger partial charge in [0, 0.05) is 23.2 Å². The molecule has 1 N–H and O–H groups in total. The molecule has 1 saturated carbocycles. The highest BCUT2D eigenvalue weighted by Gasteiger charge is 2.29. The summed E-state index contributed by atoms with van der Waals surface area (Å²) in [5.41, 5.74) is 4.92. The maximum atomic E-state index is 13.9. The monoisotopic (exact) mass is 478 g/mol. The Kier molecular flexibility index (Phi) is 7.22. The summed E-state index contributed by atoms with van der Waals surface area (Å²) in [7, 11) is 0. The molecule has 1 fully saturated rings. The number of fused-ring (bicyclic) bond motifs is 1. The number of rotatable bonds is 7. The van der Waals surface area contributed by atoms with Crippen molar-refractivity contribution in [3.8, 4) is 11.1 Å². The molecule has 182 valence electrons. The quantitative estimate of drug-likeness (QED) is 0.277. The van der Waals surface area contributed by atoms with Crippen LogP contribution < -0.4 is 5.32 Å². The molecular weight excluding hydrogens is 447 g/mol. The highest BCUT2D eigenvalue weighted by Crippen LogP contribution is 2.40. The number of carbonyl (C=O) groups is 1. The Hall–Kier alpha value is -3.79. The predicted octanol–water partition coefficient (Wildman–Crippen LogP) is 7.69. The van der Waals surface area contributed by atoms with Gasteiger partial charge in [0.1, 0.15) is 5.82 Å². The van der Waals surface area contributed by atoms with E-state index in [4.69, 9.17) is 0 Å². The number of hydrogen-bond donors (Lipinski definition) is 1. The van der Waals surface area contributed by atoms with E-state index in [1.54, 1.807) is 12.1 Å². The summed E-state index contributed by atoms with van der Waals surface area (Å²) in [6.07, 6.45) is 8.50. The first kappa shape index (κ1) is 23.9. The van der Waals surface area contributed by atoms with Gasteiger partial charge in [-0.05, 0) is 97.0 Å². The molecule has 36 heavy (non-hydrogen) atoms. The van der Waals surface area contributed by atoms with Crippen molar-refractivity contribution in [2.24, 2.45) is 5.92 Å². The minimum atomic E-state index is -0.226. The van der Waals surface area contributed by atoms with E-state index in [0.29, 0.717) is 17.4 Å². The second kappa shape index (κ2) is 10.9. The lowest BCUT2D eigenvalue weighted by molar-refractivity contribution is 0.0912. The second-order valence-electron chi connectivity index (χ2n) is 9.72. The zero-order valence-corrected chi connectivity index (χ0v) is 20.4. The number of carbonyl (C=O) groups excluding carboxylic acids is 1. The predicted molar refractivity (Wildman–Crippen MR) is 144 cm³/mol. The third kappa shape index (κ3) is 5.23. The smallest absolute Gasteiger partial charge is 0.251 e. The molecule has 1 aliphatic carbocycles. The number of nitrogens with zero attached hydrogens (tertiary/aromatic N) is 1. The summed E-state index contributed by atoms with van der Waals surface area (Å²) >= 11 is 0. The number of aromatic nitrogens is 1. The molecule has 0 saturated heterocycles. The lowest BCUT2D eigenvalue weighted by atomic mass is 9.74. The summed E-state index contributed by atoms with van der Waals surface area (Å²) in [5, 5.41) is 4.20. The molecule has 0 spiro atoms. The molecule has 3 nitrogen and oxygen atoms in total. The first-order valence-corrected chi connectivity index (χ1v) is 12.7. The van der Waals surface area contributed by atoms with Crippen molar-refractivity contribution < 1.29 is 9.18 Å². The topological polar surface area (TPSA) is 42.0 Å². The number of benzene rings is 3. The zero-order chi connectivity index (χ0) is 24.9. The van der Waals surface area contributed by atoms with Crippen molar-refractivity contribution in [2.45, 2.75) is 44.1 Å². The standard InChI is InChI=1S/C32H31FN2O/c1-2-6-30(35-32(36)26-15-9-23(10-16-26)22-7-4-3-5-8-22)25-13-11-24(12-14-25)28-19-20-34-31-18-17-27(33)21-29(28)31/h2-5,7-10,15-21,24-25,30H,1,6,11-14H2,(H,35,36)/t24-,25-,30-/m1/s1. The lowest BCUT2D eigenvalue weighted by Crippen LogP contribution is -2.41. The SMILES string of the molecule is C=CC[C@@H](NC(=O)c1ccc(-c2ccccc2)cc1)[C@H]1CC[C@H](c2ccnc3ccc(F)cc32)CC1. The molecule has 3 aromatic carbocycles. The van der Waals surface area contributed by atoms with Gasteiger partial charge in [-0.15, -0.1) is 6.58 Å². The Balaban J connectivity index is 1.25. The van der Waals surface area contributed by atoms with Crippen molar-refractivity contribution in [1.82, 2.24) is 10.3 Å². The number of hydrogen-bond acceptors (Lipinski definition) is 2. The minimum absolute atomic E-state index is 0.0424. The summed E-state index contributed by atoms with van der Waals surface area (Å²) < 4.78 is 13.9. The van der Waals surface area contributed by atoms with Crippen LogP contribution in [0, 0.1) is 11.7 Å². The first-order valence-electron chi connectivity index (χ1n) is 12.7. The van der Waals surface area contributed by atoms with Gasteiger partial charge in [-0.1, -0.05) is 48.5 Å². The third-order valence-electron chi connectivity index (χ3n) is 7.51. The average Bonchev–Trinajstić information content (AvgIpc) is 2.93. The fourth-order valence-electron chi connectivity index (χ4n) is 5.57. The van der Waals surface area contributed by atoms with Gasteiger partial charge in [0.15, 0.2) is 0 Å². The van der Waals surface area contributed by atoms with E-state index in [0.717, 1.165) is 54.1 Å². The molecule has 0 aliphatic heterocycles. The van der Waals surface area contributed by atoms with Crippen molar-refractivity contribution in [3.05, 3.63) is 115 Å². The van der Waals surface area contributed by atoms with Crippen LogP contribution in [0.5, 0.6) is 0 Å². The Bertz CT molecular complexity index is 1340. The van der Waals surface area contributed by atoms with Crippen LogP contribution in [0.25, 0.3) is 22.0 Å². The van der Waals surface area contributed by atoms with E-state index in [1.165, 1.54) is 11.6 Å². The highest BCUT2D eigenvalue weighted by molar-refractivity contribution is 5.95. The van der Waals surface area contributed by atoms with Gasteiger partial charge in [0.2, 0.25) is 0 Å². The van der Waals surface area contributed by atoms with Gasteiger partial charge < -0.3 is 5.32 Å². The fraction of sp³-hybridized carbons (Fsp3) is 0.250. The molecule has 1 heterocycles. The first-order chi connectivity index (χ1) is 17.6. The van der Waals surface area contributed by atoms with Crippen molar-refractivity contribution in [3.63, 3.8) is 0 Å². The molecule has 0 radical (unpaired) electrons. The van der Waals surface area contributed by atoms with Gasteiger partial charge in [0.25, 0.3) is 5.91 Å². The van der Waals surface area contributed by atoms with Gasteiger partial charge in [0.05, 0.1) is 5.52 Å². The summed E-state index contributed by atoms with van der Waals surface area (Å²) in [5.74, 6) is 0.492. The van der Waals surface area contributed by atoms with Crippen LogP contribution in [-0.2, 0) is 0 Å². The largest absolute Gasteiger partial charge is 0.349 e. The number of amides is 1. The summed E-state index contributed by atoms with van der Waals surface area (Å²) in [4.78, 5) is 17.5. The summed E-state index contributed by atoms with van der Waals surface area (Å²) in [6.45, 7) is 3.93. The Morgan fingerprint density at radius 2 is 1.69 bits per heavy atom. The molecule has 0 bridgehead atoms. The lowest BCUT2D eigenvalue weighted by Gasteiger charge is -2.34. The Morgan fingerprint density at radius 3 is 2.42 bits per heavy atom. The molecule has 4 aromatic rings. The van der Waals surface area contributed by atoms with Gasteiger partial charge in [-0.2, -0.15) is 0 Å². The van der Waals surface area contributed by atoms with Crippen LogP contribution in [0.2, 0.25) is 0 Å². The van der Waals surface area contributed by atoms with Crippen molar-refractivity contribution in [1.29, 1.82) is 0 Å². The highest BCUT2D eigenvalue weighted by atomic mass is 19.1. The zero-order valence-electron chi connectivity index (χ0n) is 20.4. The second-order valence-corrected chi connectivity index (χ2v) is 9.72. The molecule has 4 heteroatoms. The molecule has 5 rings (SSSR count). The molecule has 1 amide bonds. The Labute approximate surface area is 212 Å². The molecule has 1 aromatic heterocycles. The molecule has 1 aliphatic rings. The van der Waals surface area contributed by atoms with Gasteiger partial charge in [-0.25, -0.2) is 4.39 Å². The normalized spacial score (nSPS) is 18.5. The van der Waals surface area contributed by atoms with E-state index < -0.39 is 0 Å². The molecular formula is C32H31FN2O. The average molecular weight is 479 g/mol. The number of pyridine rings is 1. The van der Waals surface area contributed by atoms with Gasteiger partial charge in [-0.3, -0.25) is 9.78 Å². The van der Waals surface area contributed by atoms with Crippen molar-refractivity contribution >= 4 is 16.8 Å². The number of nitrogens with one attached hydrogen (secondary N) is 1. The van der Waals surface area contributed by atoms with Crippen LogP contribution >= 0.6 is 0 Å². The van der Waals surface area contributed by atoms with E-state index in [-0.39, 0.29) is 17.8 Å². The van der Waals surface area contributed by atoms with Crippen LogP contribution in [0.15, 0.2) is 97.7 Å². The van der Waals surface area contributed by atoms with Crippen LogP contribution in [-0.4, -0.2) is 16.9 Å². The molecule has 1 atom stereocenters.